The molecule has 1 fully saturated rings. The van der Waals surface area contributed by atoms with Crippen molar-refractivity contribution in [2.45, 2.75) is 43.6 Å². The largest absolute Gasteiger partial charge is 0.480 e. The number of ether oxygens (including phenoxy) is 3. The molecule has 3 atom stereocenters. The van der Waals surface area contributed by atoms with Crippen LogP contribution in [0.1, 0.15) is 36.0 Å². The molecule has 1 saturated heterocycles. The minimum absolute atomic E-state index is 0.0839. The molecule has 208 valence electrons. The second-order valence-electron chi connectivity index (χ2n) is 10.1. The van der Waals surface area contributed by atoms with Gasteiger partial charge < -0.3 is 30.0 Å². The smallest absolute Gasteiger partial charge is 0.408 e. The summed E-state index contributed by atoms with van der Waals surface area (Å²) in [7, 11) is 0. The van der Waals surface area contributed by atoms with Gasteiger partial charge in [0.05, 0.1) is 19.3 Å². The second-order valence-corrected chi connectivity index (χ2v) is 10.1. The first-order valence-electron chi connectivity index (χ1n) is 13.3. The van der Waals surface area contributed by atoms with Gasteiger partial charge in [-0.05, 0) is 34.7 Å². The Kier molecular flexibility index (Phi) is 8.14. The van der Waals surface area contributed by atoms with E-state index in [9.17, 15) is 19.5 Å². The van der Waals surface area contributed by atoms with Gasteiger partial charge in [0.2, 0.25) is 5.91 Å². The van der Waals surface area contributed by atoms with Gasteiger partial charge in [-0.25, -0.2) is 9.59 Å². The van der Waals surface area contributed by atoms with E-state index in [-0.39, 0.29) is 38.8 Å². The number of benzene rings is 3. The number of nitrogens with one attached hydrogen (secondary N) is 2. The zero-order valence-electron chi connectivity index (χ0n) is 22.2. The van der Waals surface area contributed by atoms with Crippen LogP contribution in [0.5, 0.6) is 0 Å². The van der Waals surface area contributed by atoms with Gasteiger partial charge in [-0.2, -0.15) is 0 Å². The fourth-order valence-corrected chi connectivity index (χ4v) is 5.29. The highest BCUT2D eigenvalue weighted by Crippen LogP contribution is 2.44. The molecule has 1 heterocycles. The summed E-state index contributed by atoms with van der Waals surface area (Å²) in [6, 6.07) is 24.0. The summed E-state index contributed by atoms with van der Waals surface area (Å²) in [4.78, 5) is 38.4. The molecule has 2 amide bonds. The summed E-state index contributed by atoms with van der Waals surface area (Å²) < 4.78 is 16.8. The molecule has 5 rings (SSSR count). The first kappa shape index (κ1) is 27.4. The molecular formula is C31H32N2O7. The maximum Gasteiger partial charge on any atom is 0.408 e. The lowest BCUT2D eigenvalue weighted by Gasteiger charge is -2.30. The van der Waals surface area contributed by atoms with E-state index in [1.54, 1.807) is 6.92 Å². The van der Waals surface area contributed by atoms with Crippen LogP contribution in [-0.4, -0.2) is 60.6 Å². The van der Waals surface area contributed by atoms with Gasteiger partial charge in [-0.3, -0.25) is 4.79 Å². The van der Waals surface area contributed by atoms with E-state index in [1.165, 1.54) is 0 Å². The Morgan fingerprint density at radius 1 is 0.975 bits per heavy atom. The van der Waals surface area contributed by atoms with E-state index < -0.39 is 35.7 Å². The van der Waals surface area contributed by atoms with E-state index in [4.69, 9.17) is 14.2 Å². The molecule has 3 aromatic carbocycles. The van der Waals surface area contributed by atoms with Crippen LogP contribution < -0.4 is 10.6 Å². The molecule has 0 spiro atoms. The quantitative estimate of drug-likeness (QED) is 0.354. The number of aliphatic carboxylic acids is 1. The van der Waals surface area contributed by atoms with Crippen molar-refractivity contribution in [1.29, 1.82) is 0 Å². The number of amides is 2. The van der Waals surface area contributed by atoms with E-state index in [0.717, 1.165) is 27.8 Å². The molecular weight excluding hydrogens is 512 g/mol. The molecule has 40 heavy (non-hydrogen) atoms. The van der Waals surface area contributed by atoms with Gasteiger partial charge in [0.15, 0.2) is 6.04 Å². The number of carbonyl (C=O) groups is 3. The molecule has 9 heteroatoms. The lowest BCUT2D eigenvalue weighted by atomic mass is 9.96. The predicted molar refractivity (Wildman–Crippen MR) is 147 cm³/mol. The Morgan fingerprint density at radius 2 is 1.60 bits per heavy atom. The second kappa shape index (κ2) is 11.9. The van der Waals surface area contributed by atoms with Crippen LogP contribution in [-0.2, 0) is 30.4 Å². The summed E-state index contributed by atoms with van der Waals surface area (Å²) in [6.45, 7) is 1.98. The predicted octanol–water partition coefficient (Wildman–Crippen LogP) is 3.86. The Bertz CT molecular complexity index is 1330. The van der Waals surface area contributed by atoms with Crippen LogP contribution in [0, 0.1) is 0 Å². The highest BCUT2D eigenvalue weighted by atomic mass is 16.6. The third-order valence-corrected chi connectivity index (χ3v) is 7.52. The molecule has 0 radical (unpaired) electrons. The number of hydrogen-bond donors (Lipinski definition) is 3. The van der Waals surface area contributed by atoms with Crippen molar-refractivity contribution < 1.29 is 33.7 Å². The minimum atomic E-state index is -1.46. The Hall–Kier alpha value is -4.21. The van der Waals surface area contributed by atoms with Gasteiger partial charge >= 0.3 is 12.1 Å². The SMILES string of the molecule is CC(OCc1ccccc1)C(NC(=O)C1(NC(=O)OCC2c3ccccc3-c3ccccc32)CCOC1)C(=O)O. The summed E-state index contributed by atoms with van der Waals surface area (Å²) in [5.41, 5.74) is 3.77. The van der Waals surface area contributed by atoms with Gasteiger partial charge in [0.1, 0.15) is 12.1 Å². The van der Waals surface area contributed by atoms with Crippen LogP contribution in [0.4, 0.5) is 4.79 Å². The standard InChI is InChI=1S/C31H32N2O7/c1-20(39-17-21-9-3-2-4-10-21)27(28(34)35)32-29(36)31(15-16-38-19-31)33-30(37)40-18-26-24-13-7-5-11-22(24)23-12-6-8-14-25(23)26/h2-14,20,26-27H,15-19H2,1H3,(H,32,36)(H,33,37)(H,34,35). The molecule has 1 aliphatic carbocycles. The molecule has 2 aliphatic rings. The molecule has 9 nitrogen and oxygen atoms in total. The number of carboxylic acids is 1. The first-order valence-corrected chi connectivity index (χ1v) is 13.3. The van der Waals surface area contributed by atoms with Crippen LogP contribution in [0.2, 0.25) is 0 Å². The summed E-state index contributed by atoms with van der Waals surface area (Å²) >= 11 is 0. The van der Waals surface area contributed by atoms with Gasteiger partial charge in [-0.15, -0.1) is 0 Å². The van der Waals surface area contributed by atoms with E-state index in [2.05, 4.69) is 10.6 Å². The molecule has 0 bridgehead atoms. The number of carboxylic acid groups (broad SMARTS) is 1. The van der Waals surface area contributed by atoms with Gasteiger partial charge in [0.25, 0.3) is 0 Å². The molecule has 1 aliphatic heterocycles. The summed E-state index contributed by atoms with van der Waals surface area (Å²) in [5.74, 6) is -2.05. The maximum atomic E-state index is 13.4. The molecule has 3 unspecified atom stereocenters. The highest BCUT2D eigenvalue weighted by molar-refractivity contribution is 5.93. The lowest BCUT2D eigenvalue weighted by molar-refractivity contribution is -0.147. The first-order chi connectivity index (χ1) is 19.4. The summed E-state index contributed by atoms with van der Waals surface area (Å²) in [5, 5.41) is 15.0. The fraction of sp³-hybridized carbons (Fsp3) is 0.323. The number of carbonyl (C=O) groups excluding carboxylic acids is 2. The van der Waals surface area contributed by atoms with Gasteiger partial charge in [0, 0.05) is 18.9 Å². The van der Waals surface area contributed by atoms with Crippen LogP contribution in [0.15, 0.2) is 78.9 Å². The Labute approximate surface area is 232 Å². The Balaban J connectivity index is 1.23. The number of fused-ring (bicyclic) bond motifs is 3. The van der Waals surface area contributed by atoms with Crippen molar-refractivity contribution >= 4 is 18.0 Å². The van der Waals surface area contributed by atoms with Crippen LogP contribution in [0.3, 0.4) is 0 Å². The average Bonchev–Trinajstić information content (AvgIpc) is 3.57. The van der Waals surface area contributed by atoms with Crippen molar-refractivity contribution in [3.8, 4) is 11.1 Å². The van der Waals surface area contributed by atoms with Crippen molar-refractivity contribution in [3.63, 3.8) is 0 Å². The van der Waals surface area contributed by atoms with Gasteiger partial charge in [-0.1, -0.05) is 78.9 Å². The summed E-state index contributed by atoms with van der Waals surface area (Å²) in [6.07, 6.45) is -1.44. The molecule has 3 N–H and O–H groups in total. The molecule has 3 aromatic rings. The zero-order valence-corrected chi connectivity index (χ0v) is 22.2. The zero-order chi connectivity index (χ0) is 28.1. The van der Waals surface area contributed by atoms with E-state index >= 15 is 0 Å². The van der Waals surface area contributed by atoms with Crippen LogP contribution >= 0.6 is 0 Å². The maximum absolute atomic E-state index is 13.4. The third-order valence-electron chi connectivity index (χ3n) is 7.52. The van der Waals surface area contributed by atoms with Crippen molar-refractivity contribution in [2.75, 3.05) is 19.8 Å². The van der Waals surface area contributed by atoms with Crippen molar-refractivity contribution in [1.82, 2.24) is 10.6 Å². The van der Waals surface area contributed by atoms with Crippen molar-refractivity contribution in [2.24, 2.45) is 0 Å². The monoisotopic (exact) mass is 544 g/mol. The minimum Gasteiger partial charge on any atom is -0.480 e. The molecule has 0 aromatic heterocycles. The Morgan fingerprint density at radius 3 is 2.20 bits per heavy atom. The number of alkyl carbamates (subject to hydrolysis) is 1. The van der Waals surface area contributed by atoms with E-state index in [1.807, 2.05) is 78.9 Å². The molecule has 0 saturated carbocycles. The normalized spacial score (nSPS) is 19.2. The van der Waals surface area contributed by atoms with E-state index in [0.29, 0.717) is 0 Å². The average molecular weight is 545 g/mol. The number of rotatable bonds is 10. The number of hydrogen-bond acceptors (Lipinski definition) is 6. The third kappa shape index (κ3) is 5.71. The highest BCUT2D eigenvalue weighted by Gasteiger charge is 2.46. The topological polar surface area (TPSA) is 123 Å². The fourth-order valence-electron chi connectivity index (χ4n) is 5.29. The van der Waals surface area contributed by atoms with Crippen LogP contribution in [0.25, 0.3) is 11.1 Å². The van der Waals surface area contributed by atoms with Crippen molar-refractivity contribution in [3.05, 3.63) is 95.6 Å². The lowest BCUT2D eigenvalue weighted by Crippen LogP contribution is -2.63.